The van der Waals surface area contributed by atoms with Crippen LogP contribution in [0.15, 0.2) is 53.4 Å². The molecule has 0 heterocycles. The Balaban J connectivity index is 2.48. The molecular weight excluding hydrogens is 308 g/mol. The summed E-state index contributed by atoms with van der Waals surface area (Å²) in [6.07, 6.45) is 5.67. The van der Waals surface area contributed by atoms with Crippen LogP contribution in [0.5, 0.6) is 5.75 Å². The van der Waals surface area contributed by atoms with Crippen molar-refractivity contribution in [3.8, 4) is 29.2 Å². The fourth-order valence-electron chi connectivity index (χ4n) is 1.85. The predicted molar refractivity (Wildman–Crippen MR) is 83.9 cm³/mol. The molecule has 21 heavy (non-hydrogen) atoms. The van der Waals surface area contributed by atoms with Gasteiger partial charge in [-0.2, -0.15) is 0 Å². The van der Waals surface area contributed by atoms with Gasteiger partial charge in [-0.1, -0.05) is 30.3 Å². The third kappa shape index (κ3) is 4.01. The summed E-state index contributed by atoms with van der Waals surface area (Å²) >= 11 is 0. The standard InChI is InChI=1S/C16H13ClO3S/c1-2-3-11-20-16-10-9-14(21(17,18)19)12-15(16)13-7-5-4-6-8-13/h1,4-10,12H,3,11H2. The first-order chi connectivity index (χ1) is 10.0. The summed E-state index contributed by atoms with van der Waals surface area (Å²) in [6, 6.07) is 13.9. The van der Waals surface area contributed by atoms with Crippen LogP contribution in [-0.4, -0.2) is 15.0 Å². The largest absolute Gasteiger partial charge is 0.492 e. The van der Waals surface area contributed by atoms with Gasteiger partial charge in [0.25, 0.3) is 9.05 Å². The summed E-state index contributed by atoms with van der Waals surface area (Å²) in [6.45, 7) is 0.364. The molecule has 0 spiro atoms. The molecule has 2 aromatic rings. The van der Waals surface area contributed by atoms with E-state index < -0.39 is 9.05 Å². The van der Waals surface area contributed by atoms with Crippen molar-refractivity contribution in [2.75, 3.05) is 6.61 Å². The third-order valence-corrected chi connectivity index (χ3v) is 4.17. The molecule has 0 bridgehead atoms. The van der Waals surface area contributed by atoms with Crippen molar-refractivity contribution in [2.45, 2.75) is 11.3 Å². The van der Waals surface area contributed by atoms with Crippen molar-refractivity contribution in [3.63, 3.8) is 0 Å². The van der Waals surface area contributed by atoms with Crippen molar-refractivity contribution in [2.24, 2.45) is 0 Å². The Morgan fingerprint density at radius 2 is 1.86 bits per heavy atom. The van der Waals surface area contributed by atoms with Crippen LogP contribution in [0.3, 0.4) is 0 Å². The van der Waals surface area contributed by atoms with Crippen LogP contribution in [0.1, 0.15) is 6.42 Å². The number of hydrogen-bond donors (Lipinski definition) is 0. The van der Waals surface area contributed by atoms with Gasteiger partial charge in [0.2, 0.25) is 0 Å². The summed E-state index contributed by atoms with van der Waals surface area (Å²) in [7, 11) is 1.61. The first kappa shape index (κ1) is 15.4. The quantitative estimate of drug-likeness (QED) is 0.479. The molecule has 0 amide bonds. The van der Waals surface area contributed by atoms with Crippen molar-refractivity contribution in [3.05, 3.63) is 48.5 Å². The highest BCUT2D eigenvalue weighted by Gasteiger charge is 2.14. The predicted octanol–water partition coefficient (Wildman–Crippen LogP) is 3.68. The van der Waals surface area contributed by atoms with Gasteiger partial charge in [-0.15, -0.1) is 12.3 Å². The fourth-order valence-corrected chi connectivity index (χ4v) is 2.63. The maximum absolute atomic E-state index is 11.5. The van der Waals surface area contributed by atoms with Crippen LogP contribution < -0.4 is 4.74 Å². The van der Waals surface area contributed by atoms with Gasteiger partial charge in [-0.05, 0) is 23.8 Å². The van der Waals surface area contributed by atoms with Crippen molar-refractivity contribution < 1.29 is 13.2 Å². The Morgan fingerprint density at radius 3 is 2.48 bits per heavy atom. The molecule has 0 saturated heterocycles. The molecule has 5 heteroatoms. The highest BCUT2D eigenvalue weighted by molar-refractivity contribution is 8.13. The molecule has 0 radical (unpaired) electrons. The Kier molecular flexibility index (Phi) is 4.89. The second-order valence-electron chi connectivity index (χ2n) is 4.26. The lowest BCUT2D eigenvalue weighted by atomic mass is 10.0. The average Bonchev–Trinajstić information content (AvgIpc) is 2.47. The SMILES string of the molecule is C#CCCOc1ccc(S(=O)(=O)Cl)cc1-c1ccccc1. The number of terminal acetylenes is 1. The maximum Gasteiger partial charge on any atom is 0.261 e. The topological polar surface area (TPSA) is 43.4 Å². The lowest BCUT2D eigenvalue weighted by Gasteiger charge is -2.12. The molecule has 0 atom stereocenters. The Morgan fingerprint density at radius 1 is 1.14 bits per heavy atom. The minimum atomic E-state index is -3.79. The van der Waals surface area contributed by atoms with Crippen molar-refractivity contribution in [1.82, 2.24) is 0 Å². The number of ether oxygens (including phenoxy) is 1. The summed E-state index contributed by atoms with van der Waals surface area (Å²) in [5.41, 5.74) is 1.50. The third-order valence-electron chi connectivity index (χ3n) is 2.82. The van der Waals surface area contributed by atoms with E-state index in [2.05, 4.69) is 5.92 Å². The Labute approximate surface area is 128 Å². The second-order valence-corrected chi connectivity index (χ2v) is 6.83. The summed E-state index contributed by atoms with van der Waals surface area (Å²) in [5, 5.41) is 0. The maximum atomic E-state index is 11.5. The highest BCUT2D eigenvalue weighted by atomic mass is 35.7. The number of hydrogen-bond acceptors (Lipinski definition) is 3. The summed E-state index contributed by atoms with van der Waals surface area (Å²) < 4.78 is 28.6. The molecule has 2 rings (SSSR count). The zero-order valence-electron chi connectivity index (χ0n) is 11.1. The molecule has 0 unspecified atom stereocenters. The van der Waals surface area contributed by atoms with Crippen LogP contribution in [0.25, 0.3) is 11.1 Å². The zero-order chi connectivity index (χ0) is 15.3. The monoisotopic (exact) mass is 320 g/mol. The van der Waals surface area contributed by atoms with Crippen LogP contribution in [-0.2, 0) is 9.05 Å². The van der Waals surface area contributed by atoms with Crippen molar-refractivity contribution in [1.29, 1.82) is 0 Å². The van der Waals surface area contributed by atoms with Crippen LogP contribution in [0.4, 0.5) is 0 Å². The molecule has 108 valence electrons. The smallest absolute Gasteiger partial charge is 0.261 e. The lowest BCUT2D eigenvalue weighted by Crippen LogP contribution is -1.99. The first-order valence-electron chi connectivity index (χ1n) is 6.23. The van der Waals surface area contributed by atoms with Crippen molar-refractivity contribution >= 4 is 19.7 Å². The molecule has 0 aliphatic carbocycles. The summed E-state index contributed by atoms with van der Waals surface area (Å²) in [5.74, 6) is 3.06. The van der Waals surface area contributed by atoms with Crippen LogP contribution in [0, 0.1) is 12.3 Å². The Bertz CT molecular complexity index is 762. The minimum absolute atomic E-state index is 0.0346. The van der Waals surface area contributed by atoms with E-state index >= 15 is 0 Å². The average molecular weight is 321 g/mol. The molecule has 0 saturated carbocycles. The molecule has 2 aromatic carbocycles. The van der Waals surface area contributed by atoms with Crippen LogP contribution in [0.2, 0.25) is 0 Å². The van der Waals surface area contributed by atoms with E-state index in [-0.39, 0.29) is 4.90 Å². The van der Waals surface area contributed by atoms with E-state index in [1.807, 2.05) is 30.3 Å². The van der Waals surface area contributed by atoms with E-state index in [9.17, 15) is 8.42 Å². The van der Waals surface area contributed by atoms with E-state index in [1.165, 1.54) is 12.1 Å². The number of halogens is 1. The van der Waals surface area contributed by atoms with Gasteiger partial charge in [-0.3, -0.25) is 0 Å². The molecule has 0 aromatic heterocycles. The minimum Gasteiger partial charge on any atom is -0.492 e. The molecular formula is C16H13ClO3S. The van der Waals surface area contributed by atoms with Gasteiger partial charge in [0, 0.05) is 22.7 Å². The molecule has 0 aliphatic rings. The summed E-state index contributed by atoms with van der Waals surface area (Å²) in [4.78, 5) is 0.0346. The van der Waals surface area contributed by atoms with E-state index in [1.54, 1.807) is 6.07 Å². The Hall–Kier alpha value is -1.96. The molecule has 0 N–H and O–H groups in total. The normalized spacial score (nSPS) is 10.9. The second kappa shape index (κ2) is 6.66. The van der Waals surface area contributed by atoms with Gasteiger partial charge in [0.05, 0.1) is 11.5 Å². The highest BCUT2D eigenvalue weighted by Crippen LogP contribution is 2.33. The number of benzene rings is 2. The first-order valence-corrected chi connectivity index (χ1v) is 8.53. The van der Waals surface area contributed by atoms with Crippen LogP contribution >= 0.6 is 10.7 Å². The lowest BCUT2D eigenvalue weighted by molar-refractivity contribution is 0.328. The number of rotatable bonds is 5. The van der Waals surface area contributed by atoms with Gasteiger partial charge in [0.15, 0.2) is 0 Å². The van der Waals surface area contributed by atoms with E-state index in [4.69, 9.17) is 21.8 Å². The van der Waals surface area contributed by atoms with Gasteiger partial charge in [-0.25, -0.2) is 8.42 Å². The van der Waals surface area contributed by atoms with E-state index in [0.717, 1.165) is 5.56 Å². The molecule has 3 nitrogen and oxygen atoms in total. The van der Waals surface area contributed by atoms with Gasteiger partial charge in [0.1, 0.15) is 5.75 Å². The molecule has 0 aliphatic heterocycles. The zero-order valence-corrected chi connectivity index (χ0v) is 12.7. The fraction of sp³-hybridized carbons (Fsp3) is 0.125. The van der Waals surface area contributed by atoms with Gasteiger partial charge >= 0.3 is 0 Å². The van der Waals surface area contributed by atoms with Gasteiger partial charge < -0.3 is 4.74 Å². The molecule has 0 fully saturated rings. The van der Waals surface area contributed by atoms with E-state index in [0.29, 0.717) is 24.3 Å².